The molecule has 0 saturated heterocycles. The second-order valence-electron chi connectivity index (χ2n) is 6.87. The van der Waals surface area contributed by atoms with Crippen LogP contribution < -0.4 is 0 Å². The molecule has 0 radical (unpaired) electrons. The largest absolute Gasteiger partial charge is 0.392 e. The molecule has 0 aromatic rings. The van der Waals surface area contributed by atoms with Crippen molar-refractivity contribution in [3.63, 3.8) is 0 Å². The van der Waals surface area contributed by atoms with Crippen molar-refractivity contribution in [3.05, 3.63) is 24.3 Å². The van der Waals surface area contributed by atoms with Crippen molar-refractivity contribution in [2.24, 2.45) is 10.8 Å². The van der Waals surface area contributed by atoms with E-state index >= 15 is 0 Å². The smallest absolute Gasteiger partial charge is 0.0653 e. The second-order valence-corrected chi connectivity index (χ2v) is 6.87. The molecule has 0 bridgehead atoms. The molecule has 0 amide bonds. The van der Waals surface area contributed by atoms with Gasteiger partial charge in [0.15, 0.2) is 0 Å². The van der Waals surface area contributed by atoms with Gasteiger partial charge in [-0.25, -0.2) is 0 Å². The third kappa shape index (κ3) is 3.22. The minimum atomic E-state index is -0.253. The van der Waals surface area contributed by atoms with Gasteiger partial charge in [-0.3, -0.25) is 0 Å². The number of hydrogen-bond donors (Lipinski definition) is 1. The number of allylic oxidation sites excluding steroid dienone is 2. The minimum Gasteiger partial charge on any atom is -0.392 e. The van der Waals surface area contributed by atoms with Crippen molar-refractivity contribution in [2.75, 3.05) is 0 Å². The molecule has 1 atom stereocenters. The van der Waals surface area contributed by atoms with Gasteiger partial charge in [-0.1, -0.05) is 31.4 Å². The number of aliphatic hydroxyl groups is 1. The molecule has 1 N–H and O–H groups in total. The molecule has 1 saturated carbocycles. The zero-order valence-corrected chi connectivity index (χ0v) is 12.0. The van der Waals surface area contributed by atoms with E-state index in [0.29, 0.717) is 0 Å². The lowest BCUT2D eigenvalue weighted by Gasteiger charge is -2.50. The van der Waals surface area contributed by atoms with Crippen LogP contribution in [0.1, 0.15) is 59.8 Å². The molecule has 1 nitrogen and oxygen atoms in total. The van der Waals surface area contributed by atoms with E-state index in [4.69, 9.17) is 0 Å². The van der Waals surface area contributed by atoms with Gasteiger partial charge >= 0.3 is 0 Å². The van der Waals surface area contributed by atoms with Crippen LogP contribution >= 0.6 is 0 Å². The maximum atomic E-state index is 10.8. The van der Waals surface area contributed by atoms with Crippen LogP contribution in [0.4, 0.5) is 0 Å². The first-order valence-corrected chi connectivity index (χ1v) is 6.66. The zero-order valence-electron chi connectivity index (χ0n) is 12.0. The molecule has 1 aliphatic carbocycles. The first-order chi connectivity index (χ1) is 7.69. The van der Waals surface area contributed by atoms with Crippen LogP contribution in [0.5, 0.6) is 0 Å². The van der Waals surface area contributed by atoms with Gasteiger partial charge < -0.3 is 5.11 Å². The van der Waals surface area contributed by atoms with Crippen LogP contribution in [0.2, 0.25) is 0 Å². The Hall–Kier alpha value is -0.560. The summed E-state index contributed by atoms with van der Waals surface area (Å²) in [5.74, 6) is 0. The molecular formula is C16H28O. The van der Waals surface area contributed by atoms with E-state index in [0.717, 1.165) is 25.7 Å². The highest BCUT2D eigenvalue weighted by Gasteiger charge is 2.48. The normalized spacial score (nSPS) is 26.5. The summed E-state index contributed by atoms with van der Waals surface area (Å²) in [7, 11) is 0. The molecule has 1 aliphatic rings. The summed E-state index contributed by atoms with van der Waals surface area (Å²) in [4.78, 5) is 0. The zero-order chi connectivity index (χ0) is 13.3. The van der Waals surface area contributed by atoms with E-state index < -0.39 is 0 Å². The fourth-order valence-electron chi connectivity index (χ4n) is 3.63. The van der Waals surface area contributed by atoms with Crippen LogP contribution in [0.3, 0.4) is 0 Å². The molecule has 17 heavy (non-hydrogen) atoms. The highest BCUT2D eigenvalue weighted by atomic mass is 16.3. The molecule has 0 aliphatic heterocycles. The lowest BCUT2D eigenvalue weighted by molar-refractivity contribution is -0.0928. The fraction of sp³-hybridized carbons (Fsp3) is 0.750. The lowest BCUT2D eigenvalue weighted by atomic mass is 9.57. The summed E-state index contributed by atoms with van der Waals surface area (Å²) in [6, 6.07) is 0. The van der Waals surface area contributed by atoms with Gasteiger partial charge in [0.25, 0.3) is 0 Å². The monoisotopic (exact) mass is 236 g/mol. The maximum Gasteiger partial charge on any atom is 0.0653 e. The molecule has 1 fully saturated rings. The van der Waals surface area contributed by atoms with E-state index in [2.05, 4.69) is 40.9 Å². The first kappa shape index (κ1) is 14.5. The maximum absolute atomic E-state index is 10.8. The molecule has 1 rings (SSSR count). The SMILES string of the molecule is C=C(C)CC1(CC(=C)C)CCCC(C)(C)C1O. The summed E-state index contributed by atoms with van der Waals surface area (Å²) >= 11 is 0. The Morgan fingerprint density at radius 3 is 2.00 bits per heavy atom. The molecule has 0 aromatic heterocycles. The highest BCUT2D eigenvalue weighted by Crippen LogP contribution is 2.52. The Kier molecular flexibility index (Phi) is 4.24. The third-order valence-corrected chi connectivity index (χ3v) is 4.12. The lowest BCUT2D eigenvalue weighted by Crippen LogP contribution is -2.48. The number of rotatable bonds is 4. The summed E-state index contributed by atoms with van der Waals surface area (Å²) in [5, 5.41) is 10.8. The van der Waals surface area contributed by atoms with Crippen molar-refractivity contribution >= 4 is 0 Å². The van der Waals surface area contributed by atoms with E-state index in [1.54, 1.807) is 0 Å². The molecule has 1 unspecified atom stereocenters. The Morgan fingerprint density at radius 1 is 1.12 bits per heavy atom. The van der Waals surface area contributed by atoms with Gasteiger partial charge in [-0.2, -0.15) is 0 Å². The van der Waals surface area contributed by atoms with Gasteiger partial charge in [0, 0.05) is 5.41 Å². The van der Waals surface area contributed by atoms with Gasteiger partial charge in [-0.05, 0) is 44.9 Å². The van der Waals surface area contributed by atoms with Crippen molar-refractivity contribution in [2.45, 2.75) is 65.9 Å². The number of aliphatic hydroxyl groups excluding tert-OH is 1. The van der Waals surface area contributed by atoms with Crippen LogP contribution in [-0.4, -0.2) is 11.2 Å². The third-order valence-electron chi connectivity index (χ3n) is 4.12. The standard InChI is InChI=1S/C16H28O/c1-12(2)10-16(11-13(3)4)9-7-8-15(5,6)14(16)17/h14,17H,1,3,7-11H2,2,4-6H3. The van der Waals surface area contributed by atoms with E-state index in [1.807, 2.05) is 0 Å². The highest BCUT2D eigenvalue weighted by molar-refractivity contribution is 5.10. The van der Waals surface area contributed by atoms with Crippen LogP contribution in [0, 0.1) is 10.8 Å². The molecular weight excluding hydrogens is 208 g/mol. The van der Waals surface area contributed by atoms with Crippen LogP contribution in [0.25, 0.3) is 0 Å². The van der Waals surface area contributed by atoms with Gasteiger partial charge in [0.05, 0.1) is 6.10 Å². The summed E-state index contributed by atoms with van der Waals surface area (Å²) in [6.07, 6.45) is 5.00. The summed E-state index contributed by atoms with van der Waals surface area (Å²) in [5.41, 5.74) is 2.33. The predicted octanol–water partition coefficient (Wildman–Crippen LogP) is 4.48. The van der Waals surface area contributed by atoms with Crippen molar-refractivity contribution in [1.29, 1.82) is 0 Å². The average molecular weight is 236 g/mol. The van der Waals surface area contributed by atoms with Crippen molar-refractivity contribution in [1.82, 2.24) is 0 Å². The van der Waals surface area contributed by atoms with Crippen LogP contribution in [0.15, 0.2) is 24.3 Å². The average Bonchev–Trinajstić information content (AvgIpc) is 2.11. The van der Waals surface area contributed by atoms with Crippen molar-refractivity contribution < 1.29 is 5.11 Å². The molecule has 0 heterocycles. The predicted molar refractivity (Wildman–Crippen MR) is 74.9 cm³/mol. The molecule has 98 valence electrons. The van der Waals surface area contributed by atoms with E-state index in [1.165, 1.54) is 17.6 Å². The number of hydrogen-bond acceptors (Lipinski definition) is 1. The second kappa shape index (κ2) is 4.97. The van der Waals surface area contributed by atoms with Gasteiger partial charge in [0.2, 0.25) is 0 Å². The first-order valence-electron chi connectivity index (χ1n) is 6.66. The molecule has 1 heteroatoms. The van der Waals surface area contributed by atoms with Gasteiger partial charge in [0.1, 0.15) is 0 Å². The van der Waals surface area contributed by atoms with E-state index in [9.17, 15) is 5.11 Å². The Balaban J connectivity index is 3.03. The molecule has 0 spiro atoms. The summed E-state index contributed by atoms with van der Waals surface area (Å²) < 4.78 is 0. The van der Waals surface area contributed by atoms with Crippen LogP contribution in [-0.2, 0) is 0 Å². The Labute approximate surface area is 107 Å². The quantitative estimate of drug-likeness (QED) is 0.714. The molecule has 0 aromatic carbocycles. The van der Waals surface area contributed by atoms with Gasteiger partial charge in [-0.15, -0.1) is 13.2 Å². The Morgan fingerprint density at radius 2 is 1.59 bits per heavy atom. The Bertz CT molecular complexity index is 295. The fourth-order valence-corrected chi connectivity index (χ4v) is 3.63. The van der Waals surface area contributed by atoms with Crippen molar-refractivity contribution in [3.8, 4) is 0 Å². The summed E-state index contributed by atoms with van der Waals surface area (Å²) in [6.45, 7) is 16.6. The minimum absolute atomic E-state index is 0.0170. The van der Waals surface area contributed by atoms with E-state index in [-0.39, 0.29) is 16.9 Å². The topological polar surface area (TPSA) is 20.2 Å².